The van der Waals surface area contributed by atoms with E-state index in [1.54, 1.807) is 0 Å². The highest BCUT2D eigenvalue weighted by Gasteiger charge is 2.16. The van der Waals surface area contributed by atoms with E-state index in [2.05, 4.69) is 21.2 Å². The fraction of sp³-hybridized carbons (Fsp3) is 0.250. The maximum atomic E-state index is 10.2. The molecule has 0 radical (unpaired) electrons. The van der Waals surface area contributed by atoms with Gasteiger partial charge in [-0.25, -0.2) is 0 Å². The second kappa shape index (κ2) is 6.47. The first-order chi connectivity index (χ1) is 10.2. The summed E-state index contributed by atoms with van der Waals surface area (Å²) in [6, 6.07) is 13.5. The highest BCUT2D eigenvalue weighted by Crippen LogP contribution is 2.34. The smallest absolute Gasteiger partial charge is 0.231 e. The zero-order chi connectivity index (χ0) is 14.7. The summed E-state index contributed by atoms with van der Waals surface area (Å²) in [5.41, 5.74) is 1.98. The highest BCUT2D eigenvalue weighted by molar-refractivity contribution is 9.10. The number of hydrogen-bond donors (Lipinski definition) is 2. The number of ether oxygens (including phenoxy) is 2. The number of rotatable bonds is 5. The molecule has 5 heteroatoms. The molecule has 3 rings (SSSR count). The van der Waals surface area contributed by atoms with Gasteiger partial charge < -0.3 is 19.9 Å². The second-order valence-corrected chi connectivity index (χ2v) is 5.71. The Labute approximate surface area is 131 Å². The lowest BCUT2D eigenvalue weighted by Crippen LogP contribution is -2.21. The van der Waals surface area contributed by atoms with Gasteiger partial charge in [0, 0.05) is 17.6 Å². The third kappa shape index (κ3) is 3.37. The SMILES string of the molecule is OC(CNCc1ccccc1Br)c1ccc2c(c1)OCO2. The molecule has 0 saturated heterocycles. The average Bonchev–Trinajstić information content (AvgIpc) is 2.96. The highest BCUT2D eigenvalue weighted by atomic mass is 79.9. The molecule has 2 N–H and O–H groups in total. The van der Waals surface area contributed by atoms with Crippen LogP contribution >= 0.6 is 15.9 Å². The lowest BCUT2D eigenvalue weighted by Gasteiger charge is -2.13. The van der Waals surface area contributed by atoms with Crippen LogP contribution in [-0.2, 0) is 6.54 Å². The zero-order valence-electron chi connectivity index (χ0n) is 11.4. The van der Waals surface area contributed by atoms with Gasteiger partial charge in [0.25, 0.3) is 0 Å². The van der Waals surface area contributed by atoms with Crippen molar-refractivity contribution in [2.75, 3.05) is 13.3 Å². The van der Waals surface area contributed by atoms with E-state index in [1.807, 2.05) is 42.5 Å². The molecule has 110 valence electrons. The van der Waals surface area contributed by atoms with Crippen LogP contribution in [0.1, 0.15) is 17.2 Å². The Morgan fingerprint density at radius 3 is 2.81 bits per heavy atom. The lowest BCUT2D eigenvalue weighted by molar-refractivity contribution is 0.170. The van der Waals surface area contributed by atoms with Crippen LogP contribution in [0.5, 0.6) is 11.5 Å². The van der Waals surface area contributed by atoms with Gasteiger partial charge in [0.15, 0.2) is 11.5 Å². The van der Waals surface area contributed by atoms with Crippen molar-refractivity contribution in [3.63, 3.8) is 0 Å². The van der Waals surface area contributed by atoms with Gasteiger partial charge in [0.05, 0.1) is 6.10 Å². The van der Waals surface area contributed by atoms with Crippen LogP contribution in [0.2, 0.25) is 0 Å². The van der Waals surface area contributed by atoms with Gasteiger partial charge in [-0.15, -0.1) is 0 Å². The Bertz CT molecular complexity index is 633. The first-order valence-electron chi connectivity index (χ1n) is 6.76. The third-order valence-corrected chi connectivity index (χ3v) is 4.17. The van der Waals surface area contributed by atoms with E-state index in [0.29, 0.717) is 18.8 Å². The minimum atomic E-state index is -0.581. The second-order valence-electron chi connectivity index (χ2n) is 4.85. The van der Waals surface area contributed by atoms with Gasteiger partial charge in [0.1, 0.15) is 0 Å². The summed E-state index contributed by atoms with van der Waals surface area (Å²) in [5, 5.41) is 13.5. The fourth-order valence-electron chi connectivity index (χ4n) is 2.22. The molecule has 2 aromatic carbocycles. The minimum Gasteiger partial charge on any atom is -0.454 e. The molecule has 1 atom stereocenters. The van der Waals surface area contributed by atoms with E-state index >= 15 is 0 Å². The molecule has 1 heterocycles. The number of fused-ring (bicyclic) bond motifs is 1. The standard InChI is InChI=1S/C16H16BrNO3/c17-13-4-2-1-3-12(13)8-18-9-14(19)11-5-6-15-16(7-11)21-10-20-15/h1-7,14,18-19H,8-10H2. The Hall–Kier alpha value is -1.56. The number of halogens is 1. The molecule has 1 aliphatic heterocycles. The van der Waals surface area contributed by atoms with E-state index < -0.39 is 6.10 Å². The summed E-state index contributed by atoms with van der Waals surface area (Å²) >= 11 is 3.51. The fourth-order valence-corrected chi connectivity index (χ4v) is 2.65. The number of aliphatic hydroxyl groups is 1. The van der Waals surface area contributed by atoms with Crippen molar-refractivity contribution >= 4 is 15.9 Å². The van der Waals surface area contributed by atoms with Crippen LogP contribution in [0.15, 0.2) is 46.9 Å². The van der Waals surface area contributed by atoms with E-state index in [-0.39, 0.29) is 6.79 Å². The van der Waals surface area contributed by atoms with Gasteiger partial charge >= 0.3 is 0 Å². The molecule has 0 aliphatic carbocycles. The third-order valence-electron chi connectivity index (χ3n) is 3.39. The van der Waals surface area contributed by atoms with Crippen LogP contribution in [0.3, 0.4) is 0 Å². The number of nitrogens with one attached hydrogen (secondary N) is 1. The van der Waals surface area contributed by atoms with Crippen molar-refractivity contribution in [3.8, 4) is 11.5 Å². The Kier molecular flexibility index (Phi) is 4.43. The Balaban J connectivity index is 1.57. The van der Waals surface area contributed by atoms with Crippen LogP contribution in [0.25, 0.3) is 0 Å². The molecule has 1 unspecified atom stereocenters. The number of benzene rings is 2. The van der Waals surface area contributed by atoms with Crippen molar-refractivity contribution in [1.29, 1.82) is 0 Å². The maximum absolute atomic E-state index is 10.2. The summed E-state index contributed by atoms with van der Waals surface area (Å²) < 4.78 is 11.6. The number of hydrogen-bond acceptors (Lipinski definition) is 4. The molecule has 0 saturated carbocycles. The van der Waals surface area contributed by atoms with Crippen LogP contribution in [0, 0.1) is 0 Å². The van der Waals surface area contributed by atoms with E-state index in [0.717, 1.165) is 21.3 Å². The lowest BCUT2D eigenvalue weighted by atomic mass is 10.1. The van der Waals surface area contributed by atoms with Crippen molar-refractivity contribution in [2.24, 2.45) is 0 Å². The molecule has 0 spiro atoms. The average molecular weight is 350 g/mol. The monoisotopic (exact) mass is 349 g/mol. The van der Waals surface area contributed by atoms with Gasteiger partial charge in [0.2, 0.25) is 6.79 Å². The van der Waals surface area contributed by atoms with Crippen LogP contribution in [0.4, 0.5) is 0 Å². The molecule has 0 bridgehead atoms. The first kappa shape index (κ1) is 14.4. The predicted octanol–water partition coefficient (Wildman–Crippen LogP) is 3.00. The summed E-state index contributed by atoms with van der Waals surface area (Å²) in [6.07, 6.45) is -0.581. The van der Waals surface area contributed by atoms with E-state index in [1.165, 1.54) is 0 Å². The largest absolute Gasteiger partial charge is 0.454 e. The molecular weight excluding hydrogens is 334 g/mol. The van der Waals surface area contributed by atoms with Crippen LogP contribution < -0.4 is 14.8 Å². The summed E-state index contributed by atoms with van der Waals surface area (Å²) in [5.74, 6) is 1.42. The zero-order valence-corrected chi connectivity index (χ0v) is 13.0. The molecule has 1 aliphatic rings. The molecule has 4 nitrogen and oxygen atoms in total. The van der Waals surface area contributed by atoms with Crippen molar-refractivity contribution in [2.45, 2.75) is 12.6 Å². The predicted molar refractivity (Wildman–Crippen MR) is 83.4 cm³/mol. The molecule has 0 fully saturated rings. The maximum Gasteiger partial charge on any atom is 0.231 e. The Morgan fingerprint density at radius 1 is 1.14 bits per heavy atom. The topological polar surface area (TPSA) is 50.7 Å². The Morgan fingerprint density at radius 2 is 1.95 bits per heavy atom. The van der Waals surface area contributed by atoms with E-state index in [9.17, 15) is 5.11 Å². The molecular formula is C16H16BrNO3. The van der Waals surface area contributed by atoms with Gasteiger partial charge in [-0.05, 0) is 29.3 Å². The quantitative estimate of drug-likeness (QED) is 0.871. The van der Waals surface area contributed by atoms with Gasteiger partial charge in [-0.1, -0.05) is 40.2 Å². The molecule has 21 heavy (non-hydrogen) atoms. The minimum absolute atomic E-state index is 0.245. The van der Waals surface area contributed by atoms with Crippen molar-refractivity contribution in [1.82, 2.24) is 5.32 Å². The normalized spacial score (nSPS) is 14.2. The summed E-state index contributed by atoms with van der Waals surface area (Å²) in [4.78, 5) is 0. The van der Waals surface area contributed by atoms with Crippen molar-refractivity contribution in [3.05, 3.63) is 58.1 Å². The summed E-state index contributed by atoms with van der Waals surface area (Å²) in [7, 11) is 0. The molecule has 2 aromatic rings. The summed E-state index contributed by atoms with van der Waals surface area (Å²) in [6.45, 7) is 1.42. The molecule has 0 amide bonds. The van der Waals surface area contributed by atoms with Gasteiger partial charge in [-0.2, -0.15) is 0 Å². The molecule has 0 aromatic heterocycles. The van der Waals surface area contributed by atoms with Crippen LogP contribution in [-0.4, -0.2) is 18.4 Å². The van der Waals surface area contributed by atoms with Gasteiger partial charge in [-0.3, -0.25) is 0 Å². The van der Waals surface area contributed by atoms with Crippen molar-refractivity contribution < 1.29 is 14.6 Å². The number of aliphatic hydroxyl groups excluding tert-OH is 1. The van der Waals surface area contributed by atoms with E-state index in [4.69, 9.17) is 9.47 Å². The first-order valence-corrected chi connectivity index (χ1v) is 7.55.